The SMILES string of the molecule is COc1ccc(-c2nnc(S[C@H](C)C(=O)c3ccc(N4CCCC4=O)cc3)nc2-c2ccc(OC)cc2)cc1. The Morgan fingerprint density at radius 2 is 1.44 bits per heavy atom. The Morgan fingerprint density at radius 3 is 1.97 bits per heavy atom. The summed E-state index contributed by atoms with van der Waals surface area (Å²) in [7, 11) is 3.24. The third-order valence-electron chi connectivity index (χ3n) is 6.58. The van der Waals surface area contributed by atoms with Crippen LogP contribution in [0.3, 0.4) is 0 Å². The molecule has 1 atom stereocenters. The van der Waals surface area contributed by atoms with Crippen LogP contribution in [0.15, 0.2) is 78.0 Å². The van der Waals surface area contributed by atoms with Gasteiger partial charge in [-0.25, -0.2) is 4.98 Å². The molecule has 198 valence electrons. The second-order valence-electron chi connectivity index (χ2n) is 9.07. The monoisotopic (exact) mass is 540 g/mol. The zero-order valence-electron chi connectivity index (χ0n) is 22.0. The fourth-order valence-electron chi connectivity index (χ4n) is 4.43. The fourth-order valence-corrected chi connectivity index (χ4v) is 5.22. The van der Waals surface area contributed by atoms with Crippen molar-refractivity contribution in [2.75, 3.05) is 25.7 Å². The van der Waals surface area contributed by atoms with Gasteiger partial charge in [-0.1, -0.05) is 11.8 Å². The van der Waals surface area contributed by atoms with Crippen LogP contribution >= 0.6 is 11.8 Å². The molecule has 0 N–H and O–H groups in total. The highest BCUT2D eigenvalue weighted by Gasteiger charge is 2.23. The average molecular weight is 541 g/mol. The fraction of sp³-hybridized carbons (Fsp3) is 0.233. The van der Waals surface area contributed by atoms with Crippen LogP contribution in [0.2, 0.25) is 0 Å². The number of hydrogen-bond acceptors (Lipinski definition) is 8. The number of hydrogen-bond donors (Lipinski definition) is 0. The quantitative estimate of drug-likeness (QED) is 0.197. The first-order chi connectivity index (χ1) is 19.0. The number of rotatable bonds is 9. The Labute approximate surface area is 231 Å². The Kier molecular flexibility index (Phi) is 7.88. The number of carbonyl (C=O) groups excluding carboxylic acids is 2. The number of carbonyl (C=O) groups is 2. The van der Waals surface area contributed by atoms with Gasteiger partial charge in [0.2, 0.25) is 11.1 Å². The van der Waals surface area contributed by atoms with Gasteiger partial charge in [0.1, 0.15) is 22.9 Å². The number of thioether (sulfide) groups is 1. The number of ketones is 1. The molecule has 0 unspecified atom stereocenters. The maximum absolute atomic E-state index is 13.2. The van der Waals surface area contributed by atoms with Crippen LogP contribution in [0.4, 0.5) is 5.69 Å². The highest BCUT2D eigenvalue weighted by molar-refractivity contribution is 8.00. The van der Waals surface area contributed by atoms with E-state index in [0.717, 1.165) is 34.7 Å². The Bertz CT molecular complexity index is 1470. The lowest BCUT2D eigenvalue weighted by atomic mass is 10.0. The molecule has 0 radical (unpaired) electrons. The van der Waals surface area contributed by atoms with Crippen molar-refractivity contribution in [1.82, 2.24) is 15.2 Å². The molecule has 1 aromatic heterocycles. The molecule has 1 saturated heterocycles. The summed E-state index contributed by atoms with van der Waals surface area (Å²) in [6.07, 6.45) is 1.43. The molecule has 1 amide bonds. The van der Waals surface area contributed by atoms with Crippen LogP contribution in [-0.4, -0.2) is 52.9 Å². The molecule has 39 heavy (non-hydrogen) atoms. The second-order valence-corrected chi connectivity index (χ2v) is 10.4. The average Bonchev–Trinajstić information content (AvgIpc) is 3.42. The summed E-state index contributed by atoms with van der Waals surface area (Å²) >= 11 is 1.26. The predicted molar refractivity (Wildman–Crippen MR) is 151 cm³/mol. The lowest BCUT2D eigenvalue weighted by molar-refractivity contribution is -0.117. The summed E-state index contributed by atoms with van der Waals surface area (Å²) < 4.78 is 10.6. The van der Waals surface area contributed by atoms with E-state index in [2.05, 4.69) is 10.2 Å². The molecule has 1 aliphatic rings. The minimum atomic E-state index is -0.443. The van der Waals surface area contributed by atoms with Gasteiger partial charge >= 0.3 is 0 Å². The van der Waals surface area contributed by atoms with Crippen molar-refractivity contribution in [3.63, 3.8) is 0 Å². The van der Waals surface area contributed by atoms with Crippen molar-refractivity contribution in [1.29, 1.82) is 0 Å². The predicted octanol–water partition coefficient (Wildman–Crippen LogP) is 5.71. The van der Waals surface area contributed by atoms with Crippen LogP contribution in [0.1, 0.15) is 30.1 Å². The standard InChI is InChI=1S/C30H28N4O4S/c1-19(29(36)22-6-12-23(13-7-22)34-18-4-5-26(34)35)39-30-31-27(20-8-14-24(37-2)15-9-20)28(32-33-30)21-10-16-25(38-3)17-11-21/h6-17,19H,4-5,18H2,1-3H3/t19-/m1/s1. The van der Waals surface area contributed by atoms with Gasteiger partial charge in [0.25, 0.3) is 0 Å². The molecular weight excluding hydrogens is 512 g/mol. The van der Waals surface area contributed by atoms with E-state index in [4.69, 9.17) is 14.5 Å². The highest BCUT2D eigenvalue weighted by Crippen LogP contribution is 2.33. The molecule has 8 nitrogen and oxygen atoms in total. The summed E-state index contributed by atoms with van der Waals surface area (Å²) in [5, 5.41) is 8.83. The number of anilines is 1. The van der Waals surface area contributed by atoms with E-state index in [1.807, 2.05) is 67.6 Å². The van der Waals surface area contributed by atoms with E-state index in [1.54, 1.807) is 31.3 Å². The molecule has 2 heterocycles. The molecule has 1 aliphatic heterocycles. The first kappa shape index (κ1) is 26.4. The number of methoxy groups -OCH3 is 2. The van der Waals surface area contributed by atoms with E-state index < -0.39 is 5.25 Å². The Balaban J connectivity index is 1.40. The maximum atomic E-state index is 13.2. The summed E-state index contributed by atoms with van der Waals surface area (Å²) in [6, 6.07) is 22.3. The van der Waals surface area contributed by atoms with Gasteiger partial charge in [0, 0.05) is 35.3 Å². The largest absolute Gasteiger partial charge is 0.497 e. The summed E-state index contributed by atoms with van der Waals surface area (Å²) in [5.74, 6) is 1.55. The van der Waals surface area contributed by atoms with Gasteiger partial charge in [-0.3, -0.25) is 9.59 Å². The number of ether oxygens (including phenoxy) is 2. The zero-order valence-corrected chi connectivity index (χ0v) is 22.8. The molecule has 1 fully saturated rings. The van der Waals surface area contributed by atoms with Crippen LogP contribution in [0, 0.1) is 0 Å². The molecule has 3 aromatic carbocycles. The lowest BCUT2D eigenvalue weighted by Gasteiger charge is -2.16. The third kappa shape index (κ3) is 5.78. The number of amides is 1. The van der Waals surface area contributed by atoms with E-state index in [0.29, 0.717) is 35.1 Å². The van der Waals surface area contributed by atoms with Gasteiger partial charge in [-0.2, -0.15) is 0 Å². The number of aromatic nitrogens is 3. The van der Waals surface area contributed by atoms with Crippen molar-refractivity contribution < 1.29 is 19.1 Å². The summed E-state index contributed by atoms with van der Waals surface area (Å²) in [5.41, 5.74) is 4.37. The van der Waals surface area contributed by atoms with E-state index in [9.17, 15) is 9.59 Å². The highest BCUT2D eigenvalue weighted by atomic mass is 32.2. The Hall–Kier alpha value is -4.24. The first-order valence-corrected chi connectivity index (χ1v) is 13.5. The van der Waals surface area contributed by atoms with Gasteiger partial charge in [-0.15, -0.1) is 10.2 Å². The normalized spacial score (nSPS) is 13.8. The van der Waals surface area contributed by atoms with Gasteiger partial charge < -0.3 is 14.4 Å². The van der Waals surface area contributed by atoms with Crippen molar-refractivity contribution in [3.8, 4) is 34.0 Å². The van der Waals surface area contributed by atoms with Crippen LogP contribution in [0.25, 0.3) is 22.5 Å². The molecule has 0 bridgehead atoms. The minimum Gasteiger partial charge on any atom is -0.497 e. The van der Waals surface area contributed by atoms with Crippen molar-refractivity contribution >= 4 is 29.1 Å². The molecule has 0 saturated carbocycles. The van der Waals surface area contributed by atoms with Crippen molar-refractivity contribution in [2.45, 2.75) is 30.2 Å². The molecule has 0 spiro atoms. The maximum Gasteiger partial charge on any atom is 0.227 e. The van der Waals surface area contributed by atoms with E-state index >= 15 is 0 Å². The zero-order chi connectivity index (χ0) is 27.4. The van der Waals surface area contributed by atoms with Crippen molar-refractivity contribution in [3.05, 3.63) is 78.4 Å². The van der Waals surface area contributed by atoms with Gasteiger partial charge in [0.15, 0.2) is 5.78 Å². The van der Waals surface area contributed by atoms with Crippen LogP contribution in [-0.2, 0) is 4.79 Å². The Morgan fingerprint density at radius 1 is 0.846 bits per heavy atom. The second kappa shape index (κ2) is 11.7. The molecule has 5 rings (SSSR count). The number of benzene rings is 3. The molecular formula is C30H28N4O4S. The van der Waals surface area contributed by atoms with Gasteiger partial charge in [-0.05, 0) is 86.1 Å². The molecule has 0 aliphatic carbocycles. The number of nitrogens with zero attached hydrogens (tertiary/aromatic N) is 4. The minimum absolute atomic E-state index is 0.0480. The van der Waals surface area contributed by atoms with Crippen molar-refractivity contribution in [2.24, 2.45) is 0 Å². The van der Waals surface area contributed by atoms with Gasteiger partial charge in [0.05, 0.1) is 19.5 Å². The number of Topliss-reactive ketones (excluding diaryl/α,β-unsaturated/α-hetero) is 1. The smallest absolute Gasteiger partial charge is 0.227 e. The van der Waals surface area contributed by atoms with Crippen LogP contribution < -0.4 is 14.4 Å². The topological polar surface area (TPSA) is 94.5 Å². The first-order valence-electron chi connectivity index (χ1n) is 12.6. The summed E-state index contributed by atoms with van der Waals surface area (Å²) in [6.45, 7) is 2.55. The summed E-state index contributed by atoms with van der Waals surface area (Å²) in [4.78, 5) is 31.8. The third-order valence-corrected chi connectivity index (χ3v) is 7.53. The van der Waals surface area contributed by atoms with E-state index in [-0.39, 0.29) is 11.7 Å². The van der Waals surface area contributed by atoms with Crippen LogP contribution in [0.5, 0.6) is 11.5 Å². The molecule has 9 heteroatoms. The molecule has 4 aromatic rings. The lowest BCUT2D eigenvalue weighted by Crippen LogP contribution is -2.23. The van der Waals surface area contributed by atoms with E-state index in [1.165, 1.54) is 11.8 Å².